The smallest absolute Gasteiger partial charge is 0.249 e. The van der Waals surface area contributed by atoms with E-state index >= 15 is 0 Å². The molecule has 9 atom stereocenters. The van der Waals surface area contributed by atoms with Crippen LogP contribution in [0.3, 0.4) is 0 Å². The van der Waals surface area contributed by atoms with Gasteiger partial charge >= 0.3 is 0 Å². The number of aliphatic hydroxyl groups is 7. The first kappa shape index (κ1) is 58.6. The Morgan fingerprint density at radius 1 is 0.565 bits per heavy atom. The van der Waals surface area contributed by atoms with Gasteiger partial charge in [-0.25, -0.2) is 0 Å². The van der Waals surface area contributed by atoms with E-state index in [2.05, 4.69) is 43.5 Å². The van der Waals surface area contributed by atoms with Crippen LogP contribution in [0.5, 0.6) is 0 Å². The molecule has 11 heteroatoms. The maximum Gasteiger partial charge on any atom is 0.249 e. The van der Waals surface area contributed by atoms with Crippen molar-refractivity contribution in [2.45, 2.75) is 281 Å². The van der Waals surface area contributed by atoms with Crippen LogP contribution in [-0.4, -0.2) is 110 Å². The van der Waals surface area contributed by atoms with Crippen LogP contribution in [0.25, 0.3) is 0 Å². The van der Waals surface area contributed by atoms with Crippen molar-refractivity contribution in [3.05, 3.63) is 24.3 Å². The van der Waals surface area contributed by atoms with Crippen LogP contribution in [0.15, 0.2) is 24.3 Å². The second-order valence-electron chi connectivity index (χ2n) is 18.2. The van der Waals surface area contributed by atoms with E-state index in [4.69, 9.17) is 9.47 Å². The third-order valence-corrected chi connectivity index (χ3v) is 12.5. The standard InChI is InChI=1S/C51H97NO10/c1-3-5-7-9-11-13-15-17-19-21-22-23-25-26-28-30-32-34-36-38-43(54)46(56)42(41-61-51-49(59)48(58)47(57)45(40-53)62-51)52-50(60)44(55)39-37-35-33-31-29-27-24-20-18-16-14-12-10-8-6-4-2/h12,14,18,20,42-49,51,53-59H,3-11,13,15-17,19,21-41H2,1-2H3,(H,52,60)/b14-12-,20-18-. The zero-order chi connectivity index (χ0) is 45.5. The zero-order valence-electron chi connectivity index (χ0n) is 39.6. The molecule has 9 unspecified atom stereocenters. The van der Waals surface area contributed by atoms with E-state index in [0.29, 0.717) is 19.3 Å². The number of hydrogen-bond acceptors (Lipinski definition) is 10. The number of rotatable bonds is 43. The van der Waals surface area contributed by atoms with Crippen LogP contribution in [0.4, 0.5) is 0 Å². The first-order valence-electron chi connectivity index (χ1n) is 25.7. The lowest BCUT2D eigenvalue weighted by Crippen LogP contribution is -2.60. The molecule has 0 aromatic rings. The van der Waals surface area contributed by atoms with Crippen LogP contribution >= 0.6 is 0 Å². The number of carbonyl (C=O) groups is 1. The Kier molecular flexibility index (Phi) is 38.8. The van der Waals surface area contributed by atoms with E-state index in [9.17, 15) is 40.5 Å². The summed E-state index contributed by atoms with van der Waals surface area (Å²) in [5.41, 5.74) is 0. The molecule has 62 heavy (non-hydrogen) atoms. The molecule has 1 saturated heterocycles. The second kappa shape index (κ2) is 41.1. The Hall–Kier alpha value is -1.41. The highest BCUT2D eigenvalue weighted by atomic mass is 16.7. The molecule has 0 aromatic heterocycles. The highest BCUT2D eigenvalue weighted by Gasteiger charge is 2.44. The SMILES string of the molecule is CCCCC/C=C\C/C=C\CCCCCCCCC(O)C(=O)NC(COC1OC(CO)C(O)C(O)C1O)C(O)C(O)CCCCCCCCCCCCCCCCCCCCC. The van der Waals surface area contributed by atoms with Gasteiger partial charge in [0.05, 0.1) is 25.4 Å². The summed E-state index contributed by atoms with van der Waals surface area (Å²) in [4.78, 5) is 13.1. The number of nitrogens with one attached hydrogen (secondary N) is 1. The number of amides is 1. The van der Waals surface area contributed by atoms with E-state index in [1.807, 2.05) is 0 Å². The van der Waals surface area contributed by atoms with Crippen LogP contribution in [-0.2, 0) is 14.3 Å². The molecular formula is C51H97NO10. The molecular weight excluding hydrogens is 787 g/mol. The van der Waals surface area contributed by atoms with Gasteiger partial charge in [0.1, 0.15) is 36.6 Å². The highest BCUT2D eigenvalue weighted by molar-refractivity contribution is 5.80. The van der Waals surface area contributed by atoms with Gasteiger partial charge in [-0.3, -0.25) is 4.79 Å². The predicted molar refractivity (Wildman–Crippen MR) is 252 cm³/mol. The average Bonchev–Trinajstić information content (AvgIpc) is 3.27. The van der Waals surface area contributed by atoms with E-state index < -0.39 is 74.2 Å². The molecule has 0 aromatic carbocycles. The molecule has 0 aliphatic carbocycles. The summed E-state index contributed by atoms with van der Waals surface area (Å²) < 4.78 is 11.1. The van der Waals surface area contributed by atoms with Gasteiger partial charge in [-0.05, 0) is 44.9 Å². The molecule has 1 rings (SSSR count). The fourth-order valence-corrected chi connectivity index (χ4v) is 8.24. The van der Waals surface area contributed by atoms with Crippen molar-refractivity contribution in [2.24, 2.45) is 0 Å². The normalized spacial score (nSPS) is 21.5. The summed E-state index contributed by atoms with van der Waals surface area (Å²) in [6.07, 6.45) is 35.0. The van der Waals surface area contributed by atoms with Crippen LogP contribution in [0, 0.1) is 0 Å². The number of carbonyl (C=O) groups excluding carboxylic acids is 1. The molecule has 8 N–H and O–H groups in total. The van der Waals surface area contributed by atoms with E-state index in [-0.39, 0.29) is 6.42 Å². The topological polar surface area (TPSA) is 189 Å². The number of hydrogen-bond donors (Lipinski definition) is 8. The molecule has 366 valence electrons. The summed E-state index contributed by atoms with van der Waals surface area (Å²) in [6.45, 7) is 3.43. The van der Waals surface area contributed by atoms with E-state index in [1.54, 1.807) is 0 Å². The van der Waals surface area contributed by atoms with Crippen molar-refractivity contribution in [2.75, 3.05) is 13.2 Å². The number of unbranched alkanes of at least 4 members (excludes halogenated alkanes) is 27. The lowest BCUT2D eigenvalue weighted by atomic mass is 9.98. The zero-order valence-corrected chi connectivity index (χ0v) is 39.6. The maximum atomic E-state index is 13.1. The molecule has 1 fully saturated rings. The van der Waals surface area contributed by atoms with E-state index in [0.717, 1.165) is 64.2 Å². The van der Waals surface area contributed by atoms with E-state index in [1.165, 1.54) is 122 Å². The molecule has 0 bridgehead atoms. The molecule has 1 aliphatic heterocycles. The Balaban J connectivity index is 2.40. The highest BCUT2D eigenvalue weighted by Crippen LogP contribution is 2.23. The average molecular weight is 884 g/mol. The van der Waals surface area contributed by atoms with Crippen molar-refractivity contribution >= 4 is 5.91 Å². The van der Waals surface area contributed by atoms with Gasteiger partial charge in [-0.15, -0.1) is 0 Å². The fourth-order valence-electron chi connectivity index (χ4n) is 8.24. The van der Waals surface area contributed by atoms with Crippen molar-refractivity contribution < 1.29 is 50.0 Å². The monoisotopic (exact) mass is 884 g/mol. The maximum absolute atomic E-state index is 13.1. The summed E-state index contributed by atoms with van der Waals surface area (Å²) in [5, 5.41) is 75.9. The molecule has 1 aliphatic rings. The quantitative estimate of drug-likeness (QED) is 0.0216. The van der Waals surface area contributed by atoms with Gasteiger partial charge in [0.2, 0.25) is 5.91 Å². The third kappa shape index (κ3) is 29.9. The number of ether oxygens (including phenoxy) is 2. The summed E-state index contributed by atoms with van der Waals surface area (Å²) >= 11 is 0. The van der Waals surface area contributed by atoms with Crippen LogP contribution in [0.1, 0.15) is 226 Å². The van der Waals surface area contributed by atoms with Gasteiger partial charge in [0.15, 0.2) is 6.29 Å². The molecule has 1 amide bonds. The Labute approximate surface area is 378 Å². The van der Waals surface area contributed by atoms with Crippen LogP contribution < -0.4 is 5.32 Å². The minimum Gasteiger partial charge on any atom is -0.394 e. The van der Waals surface area contributed by atoms with Crippen molar-refractivity contribution in [1.29, 1.82) is 0 Å². The Bertz CT molecular complexity index is 1060. The summed E-state index contributed by atoms with van der Waals surface area (Å²) in [6, 6.07) is -1.17. The van der Waals surface area contributed by atoms with Gasteiger partial charge in [0.25, 0.3) is 0 Å². The second-order valence-corrected chi connectivity index (χ2v) is 18.2. The minimum absolute atomic E-state index is 0.249. The van der Waals surface area contributed by atoms with Crippen molar-refractivity contribution in [3.63, 3.8) is 0 Å². The lowest BCUT2D eigenvalue weighted by Gasteiger charge is -2.40. The molecule has 0 spiro atoms. The molecule has 0 saturated carbocycles. The minimum atomic E-state index is -1.66. The van der Waals surface area contributed by atoms with Gasteiger partial charge < -0.3 is 50.5 Å². The predicted octanol–water partition coefficient (Wildman–Crippen LogP) is 9.40. The molecule has 1 heterocycles. The van der Waals surface area contributed by atoms with Crippen LogP contribution in [0.2, 0.25) is 0 Å². The van der Waals surface area contributed by atoms with Gasteiger partial charge in [-0.1, -0.05) is 205 Å². The fraction of sp³-hybridized carbons (Fsp3) is 0.902. The number of aliphatic hydroxyl groups excluding tert-OH is 7. The Morgan fingerprint density at radius 3 is 1.47 bits per heavy atom. The van der Waals surface area contributed by atoms with Gasteiger partial charge in [-0.2, -0.15) is 0 Å². The first-order chi connectivity index (χ1) is 30.2. The van der Waals surface area contributed by atoms with Crippen molar-refractivity contribution in [1.82, 2.24) is 5.32 Å². The van der Waals surface area contributed by atoms with Gasteiger partial charge in [0, 0.05) is 0 Å². The first-order valence-corrected chi connectivity index (χ1v) is 25.7. The number of allylic oxidation sites excluding steroid dienone is 4. The Morgan fingerprint density at radius 2 is 0.984 bits per heavy atom. The summed E-state index contributed by atoms with van der Waals surface area (Å²) in [5.74, 6) is -0.704. The third-order valence-electron chi connectivity index (χ3n) is 12.5. The lowest BCUT2D eigenvalue weighted by molar-refractivity contribution is -0.303. The summed E-state index contributed by atoms with van der Waals surface area (Å²) in [7, 11) is 0. The van der Waals surface area contributed by atoms with Crippen molar-refractivity contribution in [3.8, 4) is 0 Å². The molecule has 0 radical (unpaired) electrons. The molecule has 11 nitrogen and oxygen atoms in total. The largest absolute Gasteiger partial charge is 0.394 e.